The molecule has 0 fully saturated rings. The van der Waals surface area contributed by atoms with Gasteiger partial charge in [-0.1, -0.05) is 0 Å². The number of hydrogen-bond acceptors (Lipinski definition) is 2. The van der Waals surface area contributed by atoms with Gasteiger partial charge in [-0.25, -0.2) is 4.98 Å². The monoisotopic (exact) mass is 179 g/mol. The lowest BCUT2D eigenvalue weighted by Crippen LogP contribution is -2.43. The number of imidazole rings is 1. The van der Waals surface area contributed by atoms with E-state index in [9.17, 15) is 4.79 Å². The number of nitrogens with zero attached hydrogens (tertiary/aromatic N) is 3. The number of rotatable bonds is 1. The first-order valence-electron chi connectivity index (χ1n) is 4.48. The first-order chi connectivity index (χ1) is 6.18. The fourth-order valence-corrected chi connectivity index (χ4v) is 1.58. The third-order valence-corrected chi connectivity index (χ3v) is 2.36. The van der Waals surface area contributed by atoms with Gasteiger partial charge in [-0.2, -0.15) is 0 Å². The zero-order valence-corrected chi connectivity index (χ0v) is 7.90. The highest BCUT2D eigenvalue weighted by molar-refractivity contribution is 5.77. The van der Waals surface area contributed by atoms with Crippen molar-refractivity contribution in [2.24, 2.45) is 0 Å². The van der Waals surface area contributed by atoms with Gasteiger partial charge in [0.05, 0.1) is 6.54 Å². The third-order valence-electron chi connectivity index (χ3n) is 2.36. The molecule has 2 rings (SSSR count). The standard InChI is InChI=1S/C9H13N3O/c1-7(2)12-5-8-10-3-4-11(8)6-9(12)13/h3-4,7H,5-6H2,1-2H3. The quantitative estimate of drug-likeness (QED) is 0.634. The summed E-state index contributed by atoms with van der Waals surface area (Å²) in [4.78, 5) is 17.6. The second-order valence-electron chi connectivity index (χ2n) is 3.59. The van der Waals surface area contributed by atoms with E-state index in [1.165, 1.54) is 0 Å². The summed E-state index contributed by atoms with van der Waals surface area (Å²) in [6, 6.07) is 0.262. The summed E-state index contributed by atoms with van der Waals surface area (Å²) in [6.45, 7) is 5.13. The zero-order chi connectivity index (χ0) is 9.42. The molecular weight excluding hydrogens is 166 g/mol. The summed E-state index contributed by atoms with van der Waals surface area (Å²) < 4.78 is 1.90. The van der Waals surface area contributed by atoms with Gasteiger partial charge >= 0.3 is 0 Å². The van der Waals surface area contributed by atoms with E-state index in [1.807, 2.05) is 29.5 Å². The molecule has 1 amide bonds. The Morgan fingerprint density at radius 3 is 2.92 bits per heavy atom. The molecular formula is C9H13N3O. The Balaban J connectivity index is 2.27. The van der Waals surface area contributed by atoms with Crippen molar-refractivity contribution in [2.45, 2.75) is 33.0 Å². The van der Waals surface area contributed by atoms with Gasteiger partial charge in [-0.3, -0.25) is 4.79 Å². The van der Waals surface area contributed by atoms with Crippen molar-refractivity contribution >= 4 is 5.91 Å². The topological polar surface area (TPSA) is 38.1 Å². The lowest BCUT2D eigenvalue weighted by atomic mass is 10.2. The smallest absolute Gasteiger partial charge is 0.243 e. The summed E-state index contributed by atoms with van der Waals surface area (Å²) in [5, 5.41) is 0. The van der Waals surface area contributed by atoms with Crippen LogP contribution in [0.1, 0.15) is 19.7 Å². The van der Waals surface area contributed by atoms with Crippen LogP contribution in [0, 0.1) is 0 Å². The number of fused-ring (bicyclic) bond motifs is 1. The summed E-state index contributed by atoms with van der Waals surface area (Å²) in [5.74, 6) is 1.16. The number of carbonyl (C=O) groups is 1. The van der Waals surface area contributed by atoms with Crippen LogP contribution in [-0.2, 0) is 17.9 Å². The molecule has 0 saturated carbocycles. The van der Waals surface area contributed by atoms with Gasteiger partial charge in [-0.05, 0) is 13.8 Å². The van der Waals surface area contributed by atoms with E-state index in [4.69, 9.17) is 0 Å². The molecule has 2 heterocycles. The van der Waals surface area contributed by atoms with Crippen molar-refractivity contribution in [2.75, 3.05) is 0 Å². The molecule has 1 aromatic heterocycles. The van der Waals surface area contributed by atoms with Gasteiger partial charge in [0.2, 0.25) is 5.91 Å². The Morgan fingerprint density at radius 2 is 2.23 bits per heavy atom. The third kappa shape index (κ3) is 1.32. The van der Waals surface area contributed by atoms with E-state index in [2.05, 4.69) is 4.98 Å². The molecule has 0 aliphatic carbocycles. The molecule has 70 valence electrons. The molecule has 0 saturated heterocycles. The van der Waals surface area contributed by atoms with E-state index >= 15 is 0 Å². The van der Waals surface area contributed by atoms with E-state index in [-0.39, 0.29) is 11.9 Å². The summed E-state index contributed by atoms with van der Waals surface area (Å²) in [6.07, 6.45) is 3.59. The SMILES string of the molecule is CC(C)N1Cc2nccn2CC1=O. The molecule has 4 nitrogen and oxygen atoms in total. The number of aromatic nitrogens is 2. The van der Waals surface area contributed by atoms with Crippen LogP contribution in [0.3, 0.4) is 0 Å². The molecule has 0 N–H and O–H groups in total. The van der Waals surface area contributed by atoms with E-state index in [0.717, 1.165) is 5.82 Å². The molecule has 0 bridgehead atoms. The minimum Gasteiger partial charge on any atom is -0.331 e. The van der Waals surface area contributed by atoms with Crippen molar-refractivity contribution in [3.05, 3.63) is 18.2 Å². The molecule has 1 aliphatic heterocycles. The van der Waals surface area contributed by atoms with Gasteiger partial charge in [0.15, 0.2) is 0 Å². The predicted octanol–water partition coefficient (Wildman–Crippen LogP) is 0.634. The average Bonchev–Trinajstić information content (AvgIpc) is 2.48. The Labute approximate surface area is 77.2 Å². The normalized spacial score (nSPS) is 16.5. The molecule has 1 aromatic rings. The van der Waals surface area contributed by atoms with Crippen LogP contribution < -0.4 is 0 Å². The Kier molecular flexibility index (Phi) is 1.83. The van der Waals surface area contributed by atoms with Crippen LogP contribution in [0.15, 0.2) is 12.4 Å². The highest BCUT2D eigenvalue weighted by Crippen LogP contribution is 2.13. The maximum atomic E-state index is 11.6. The van der Waals surface area contributed by atoms with Gasteiger partial charge in [0.25, 0.3) is 0 Å². The Morgan fingerprint density at radius 1 is 1.46 bits per heavy atom. The maximum absolute atomic E-state index is 11.6. The molecule has 0 unspecified atom stereocenters. The minimum atomic E-state index is 0.181. The fraction of sp³-hybridized carbons (Fsp3) is 0.556. The van der Waals surface area contributed by atoms with Crippen molar-refractivity contribution in [3.8, 4) is 0 Å². The van der Waals surface area contributed by atoms with Crippen LogP contribution in [0.2, 0.25) is 0 Å². The minimum absolute atomic E-state index is 0.181. The fourth-order valence-electron chi connectivity index (χ4n) is 1.58. The van der Waals surface area contributed by atoms with Crippen molar-refractivity contribution in [1.82, 2.24) is 14.5 Å². The molecule has 4 heteroatoms. The van der Waals surface area contributed by atoms with E-state index in [1.54, 1.807) is 6.20 Å². The lowest BCUT2D eigenvalue weighted by Gasteiger charge is -2.30. The Hall–Kier alpha value is -1.32. The van der Waals surface area contributed by atoms with E-state index < -0.39 is 0 Å². The maximum Gasteiger partial charge on any atom is 0.243 e. The van der Waals surface area contributed by atoms with Crippen molar-refractivity contribution in [3.63, 3.8) is 0 Å². The molecule has 0 atom stereocenters. The first-order valence-corrected chi connectivity index (χ1v) is 4.48. The summed E-state index contributed by atoms with van der Waals surface area (Å²) >= 11 is 0. The summed E-state index contributed by atoms with van der Waals surface area (Å²) in [5.41, 5.74) is 0. The van der Waals surface area contributed by atoms with Gasteiger partial charge in [0.1, 0.15) is 12.4 Å². The average molecular weight is 179 g/mol. The zero-order valence-electron chi connectivity index (χ0n) is 7.90. The molecule has 13 heavy (non-hydrogen) atoms. The highest BCUT2D eigenvalue weighted by atomic mass is 16.2. The van der Waals surface area contributed by atoms with E-state index in [0.29, 0.717) is 13.1 Å². The lowest BCUT2D eigenvalue weighted by molar-refractivity contribution is -0.136. The van der Waals surface area contributed by atoms with Gasteiger partial charge in [-0.15, -0.1) is 0 Å². The molecule has 1 aliphatic rings. The highest BCUT2D eigenvalue weighted by Gasteiger charge is 2.24. The second-order valence-corrected chi connectivity index (χ2v) is 3.59. The predicted molar refractivity (Wildman–Crippen MR) is 47.9 cm³/mol. The number of hydrogen-bond donors (Lipinski definition) is 0. The first kappa shape index (κ1) is 8.29. The Bertz CT molecular complexity index is 329. The summed E-state index contributed by atoms with van der Waals surface area (Å²) in [7, 11) is 0. The van der Waals surface area contributed by atoms with Crippen LogP contribution in [0.4, 0.5) is 0 Å². The largest absolute Gasteiger partial charge is 0.331 e. The van der Waals surface area contributed by atoms with Crippen LogP contribution in [0.5, 0.6) is 0 Å². The van der Waals surface area contributed by atoms with Crippen LogP contribution in [-0.4, -0.2) is 26.4 Å². The van der Waals surface area contributed by atoms with Crippen molar-refractivity contribution in [1.29, 1.82) is 0 Å². The number of carbonyl (C=O) groups excluding carboxylic acids is 1. The molecule has 0 aromatic carbocycles. The van der Waals surface area contributed by atoms with Crippen LogP contribution >= 0.6 is 0 Å². The van der Waals surface area contributed by atoms with Crippen molar-refractivity contribution < 1.29 is 4.79 Å². The van der Waals surface area contributed by atoms with Crippen LogP contribution in [0.25, 0.3) is 0 Å². The molecule has 0 radical (unpaired) electrons. The second kappa shape index (κ2) is 2.87. The molecule has 0 spiro atoms. The number of amides is 1. The van der Waals surface area contributed by atoms with Gasteiger partial charge in [0, 0.05) is 18.4 Å². The van der Waals surface area contributed by atoms with Gasteiger partial charge < -0.3 is 9.47 Å².